The van der Waals surface area contributed by atoms with Gasteiger partial charge in [-0.25, -0.2) is 4.39 Å². The van der Waals surface area contributed by atoms with Crippen molar-refractivity contribution in [1.29, 1.82) is 0 Å². The van der Waals surface area contributed by atoms with Crippen LogP contribution in [0.3, 0.4) is 0 Å². The van der Waals surface area contributed by atoms with Gasteiger partial charge in [-0.15, -0.1) is 0 Å². The molecule has 0 aliphatic heterocycles. The Labute approximate surface area is 122 Å². The summed E-state index contributed by atoms with van der Waals surface area (Å²) in [4.78, 5) is 2.09. The largest absolute Gasteiger partial charge is 0.419 e. The highest BCUT2D eigenvalue weighted by Gasteiger charge is 2.36. The summed E-state index contributed by atoms with van der Waals surface area (Å²) in [5, 5.41) is 0. The first kappa shape index (κ1) is 17.9. The van der Waals surface area contributed by atoms with E-state index in [1.54, 1.807) is 0 Å². The van der Waals surface area contributed by atoms with Crippen LogP contribution in [0.2, 0.25) is 0 Å². The number of alkyl halides is 3. The molecule has 0 aliphatic carbocycles. The van der Waals surface area contributed by atoms with Crippen molar-refractivity contribution < 1.29 is 17.6 Å². The van der Waals surface area contributed by atoms with Crippen LogP contribution in [0.5, 0.6) is 0 Å². The summed E-state index contributed by atoms with van der Waals surface area (Å²) in [6.45, 7) is 9.26. The summed E-state index contributed by atoms with van der Waals surface area (Å²) in [5.41, 5.74) is 4.77. The highest BCUT2D eigenvalue weighted by atomic mass is 19.4. The van der Waals surface area contributed by atoms with Gasteiger partial charge in [-0.1, -0.05) is 19.9 Å². The Balaban J connectivity index is 3.14. The van der Waals surface area contributed by atoms with Crippen LogP contribution in [0.1, 0.15) is 44.9 Å². The lowest BCUT2D eigenvalue weighted by molar-refractivity contribution is -0.140. The molecule has 2 nitrogen and oxygen atoms in total. The fourth-order valence-electron chi connectivity index (χ4n) is 2.60. The molecule has 0 fully saturated rings. The standard InChI is InChI=1S/C15H22F4N2/c1-5-21(6-2)14(3,4)13(20)10-7-8-11(12(16)9-10)15(17,18)19/h7-9,13H,5-6,20H2,1-4H3. The zero-order chi connectivity index (χ0) is 16.4. The van der Waals surface area contributed by atoms with Crippen LogP contribution in [-0.4, -0.2) is 23.5 Å². The number of halogens is 4. The maximum Gasteiger partial charge on any atom is 0.419 e. The van der Waals surface area contributed by atoms with Gasteiger partial charge in [0.15, 0.2) is 0 Å². The predicted molar refractivity (Wildman–Crippen MR) is 75.3 cm³/mol. The van der Waals surface area contributed by atoms with Crippen LogP contribution in [0.15, 0.2) is 18.2 Å². The molecule has 0 aromatic heterocycles. The molecule has 1 unspecified atom stereocenters. The van der Waals surface area contributed by atoms with Crippen molar-refractivity contribution in [3.8, 4) is 0 Å². The first-order chi connectivity index (χ1) is 9.55. The van der Waals surface area contributed by atoms with Crippen LogP contribution in [0.25, 0.3) is 0 Å². The lowest BCUT2D eigenvalue weighted by Crippen LogP contribution is -2.51. The fourth-order valence-corrected chi connectivity index (χ4v) is 2.60. The van der Waals surface area contributed by atoms with Gasteiger partial charge in [-0.3, -0.25) is 4.90 Å². The topological polar surface area (TPSA) is 29.3 Å². The van der Waals surface area contributed by atoms with Crippen molar-refractivity contribution in [2.75, 3.05) is 13.1 Å². The smallest absolute Gasteiger partial charge is 0.322 e. The molecule has 0 amide bonds. The van der Waals surface area contributed by atoms with Gasteiger partial charge in [0.2, 0.25) is 0 Å². The first-order valence-electron chi connectivity index (χ1n) is 6.92. The Morgan fingerprint density at radius 2 is 1.67 bits per heavy atom. The second-order valence-electron chi connectivity index (χ2n) is 5.54. The number of hydrogen-bond acceptors (Lipinski definition) is 2. The summed E-state index contributed by atoms with van der Waals surface area (Å²) >= 11 is 0. The minimum Gasteiger partial charge on any atom is -0.322 e. The first-order valence-corrected chi connectivity index (χ1v) is 6.92. The molecule has 1 aromatic carbocycles. The molecule has 1 aromatic rings. The second-order valence-corrected chi connectivity index (χ2v) is 5.54. The van der Waals surface area contributed by atoms with E-state index in [1.165, 1.54) is 6.07 Å². The Kier molecular flexibility index (Phi) is 5.39. The third-order valence-corrected chi connectivity index (χ3v) is 4.00. The molecule has 0 heterocycles. The van der Waals surface area contributed by atoms with Gasteiger partial charge in [0.25, 0.3) is 0 Å². The number of rotatable bonds is 5. The Bertz CT molecular complexity index is 479. The lowest BCUT2D eigenvalue weighted by atomic mass is 9.87. The quantitative estimate of drug-likeness (QED) is 0.834. The van der Waals surface area contributed by atoms with Gasteiger partial charge in [0.1, 0.15) is 5.82 Å². The minimum absolute atomic E-state index is 0.359. The highest BCUT2D eigenvalue weighted by molar-refractivity contribution is 5.30. The van der Waals surface area contributed by atoms with Gasteiger partial charge in [-0.2, -0.15) is 13.2 Å². The van der Waals surface area contributed by atoms with Crippen molar-refractivity contribution in [2.24, 2.45) is 5.73 Å². The van der Waals surface area contributed by atoms with Crippen molar-refractivity contribution in [3.63, 3.8) is 0 Å². The summed E-state index contributed by atoms with van der Waals surface area (Å²) in [6.07, 6.45) is -4.69. The van der Waals surface area contributed by atoms with E-state index in [0.29, 0.717) is 5.56 Å². The summed E-state index contributed by atoms with van der Waals surface area (Å²) in [5.74, 6) is -1.29. The number of hydrogen-bond donors (Lipinski definition) is 1. The van der Waals surface area contributed by atoms with E-state index in [0.717, 1.165) is 25.2 Å². The fraction of sp³-hybridized carbons (Fsp3) is 0.600. The SMILES string of the molecule is CCN(CC)C(C)(C)C(N)c1ccc(C(F)(F)F)c(F)c1. The Hall–Kier alpha value is -1.14. The van der Waals surface area contributed by atoms with Gasteiger partial charge in [-0.05, 0) is 44.6 Å². The van der Waals surface area contributed by atoms with Crippen molar-refractivity contribution in [3.05, 3.63) is 35.1 Å². The lowest BCUT2D eigenvalue weighted by Gasteiger charge is -2.42. The van der Waals surface area contributed by atoms with E-state index in [9.17, 15) is 17.6 Å². The van der Waals surface area contributed by atoms with Crippen LogP contribution in [-0.2, 0) is 6.18 Å². The van der Waals surface area contributed by atoms with E-state index >= 15 is 0 Å². The molecule has 1 rings (SSSR count). The number of nitrogens with zero attached hydrogens (tertiary/aromatic N) is 1. The average Bonchev–Trinajstić information content (AvgIpc) is 2.37. The van der Waals surface area contributed by atoms with Crippen molar-refractivity contribution in [1.82, 2.24) is 4.90 Å². The molecule has 0 saturated carbocycles. The van der Waals surface area contributed by atoms with Crippen LogP contribution in [0, 0.1) is 5.82 Å². The van der Waals surface area contributed by atoms with Crippen LogP contribution < -0.4 is 5.73 Å². The molecule has 120 valence electrons. The molecular formula is C15H22F4N2. The van der Waals surface area contributed by atoms with Crippen LogP contribution in [0.4, 0.5) is 17.6 Å². The van der Waals surface area contributed by atoms with E-state index in [2.05, 4.69) is 4.90 Å². The van der Waals surface area contributed by atoms with Crippen LogP contribution >= 0.6 is 0 Å². The molecule has 0 radical (unpaired) electrons. The predicted octanol–water partition coefficient (Wildman–Crippen LogP) is 3.96. The zero-order valence-electron chi connectivity index (χ0n) is 12.8. The zero-order valence-corrected chi connectivity index (χ0v) is 12.8. The maximum atomic E-state index is 13.7. The second kappa shape index (κ2) is 6.32. The highest BCUT2D eigenvalue weighted by Crippen LogP contribution is 2.34. The Morgan fingerprint density at radius 1 is 1.14 bits per heavy atom. The molecule has 0 spiro atoms. The molecule has 21 heavy (non-hydrogen) atoms. The van der Waals surface area contributed by atoms with E-state index < -0.39 is 29.1 Å². The number of likely N-dealkylation sites (N-methyl/N-ethyl adjacent to an activating group) is 1. The van der Waals surface area contributed by atoms with Gasteiger partial charge < -0.3 is 5.73 Å². The van der Waals surface area contributed by atoms with Crippen molar-refractivity contribution in [2.45, 2.75) is 45.5 Å². The number of nitrogens with two attached hydrogens (primary N) is 1. The molecular weight excluding hydrogens is 284 g/mol. The van der Waals surface area contributed by atoms with Gasteiger partial charge in [0.05, 0.1) is 5.56 Å². The summed E-state index contributed by atoms with van der Waals surface area (Å²) in [6, 6.07) is 2.30. The maximum absolute atomic E-state index is 13.7. The summed E-state index contributed by atoms with van der Waals surface area (Å²) < 4.78 is 51.4. The van der Waals surface area contributed by atoms with E-state index in [1.807, 2.05) is 27.7 Å². The average molecular weight is 306 g/mol. The molecule has 0 saturated heterocycles. The number of benzene rings is 1. The van der Waals surface area contributed by atoms with Gasteiger partial charge in [0, 0.05) is 11.6 Å². The van der Waals surface area contributed by atoms with Crippen molar-refractivity contribution >= 4 is 0 Å². The molecule has 0 aliphatic rings. The monoisotopic (exact) mass is 306 g/mol. The molecule has 0 bridgehead atoms. The molecule has 1 atom stereocenters. The van der Waals surface area contributed by atoms with Gasteiger partial charge >= 0.3 is 6.18 Å². The molecule has 6 heteroatoms. The van der Waals surface area contributed by atoms with E-state index in [4.69, 9.17) is 5.73 Å². The third kappa shape index (κ3) is 3.74. The minimum atomic E-state index is -4.69. The third-order valence-electron chi connectivity index (χ3n) is 4.00. The Morgan fingerprint density at radius 3 is 2.05 bits per heavy atom. The summed E-state index contributed by atoms with van der Waals surface area (Å²) in [7, 11) is 0. The molecule has 2 N–H and O–H groups in total. The van der Waals surface area contributed by atoms with E-state index in [-0.39, 0.29) is 0 Å². The normalized spacial score (nSPS) is 14.6.